The van der Waals surface area contributed by atoms with Gasteiger partial charge < -0.3 is 35.0 Å². The number of benzene rings is 1. The Kier molecular flexibility index (Phi) is 5.49. The fourth-order valence-corrected chi connectivity index (χ4v) is 6.89. The molecule has 0 unspecified atom stereocenters. The Hall–Kier alpha value is -1.71. The normalized spacial score (nSPS) is 45.5. The first-order valence-electron chi connectivity index (χ1n) is 11.6. The zero-order chi connectivity index (χ0) is 22.8. The van der Waals surface area contributed by atoms with Gasteiger partial charge in [0.2, 0.25) is 6.29 Å². The van der Waals surface area contributed by atoms with Crippen molar-refractivity contribution in [3.05, 3.63) is 29.3 Å². The van der Waals surface area contributed by atoms with E-state index in [1.807, 2.05) is 12.1 Å². The summed E-state index contributed by atoms with van der Waals surface area (Å²) >= 11 is 0. The minimum absolute atomic E-state index is 0.0300. The Balaban J connectivity index is 1.34. The molecular weight excluding hydrogens is 416 g/mol. The van der Waals surface area contributed by atoms with Crippen molar-refractivity contribution >= 4 is 5.97 Å². The van der Waals surface area contributed by atoms with Gasteiger partial charge >= 0.3 is 5.97 Å². The highest BCUT2D eigenvalue weighted by molar-refractivity contribution is 5.73. The lowest BCUT2D eigenvalue weighted by atomic mass is 9.55. The largest absolute Gasteiger partial charge is 0.479 e. The predicted molar refractivity (Wildman–Crippen MR) is 112 cm³/mol. The van der Waals surface area contributed by atoms with Gasteiger partial charge in [0, 0.05) is 0 Å². The number of aryl methyl sites for hydroxylation is 1. The second-order valence-electron chi connectivity index (χ2n) is 10.3. The summed E-state index contributed by atoms with van der Waals surface area (Å²) in [5, 5.41) is 49.8. The topological polar surface area (TPSA) is 137 Å². The van der Waals surface area contributed by atoms with Gasteiger partial charge in [-0.25, -0.2) is 4.79 Å². The fraction of sp³-hybridized carbons (Fsp3) is 0.708. The van der Waals surface area contributed by atoms with Crippen LogP contribution in [-0.2, 0) is 16.0 Å². The van der Waals surface area contributed by atoms with Gasteiger partial charge in [-0.15, -0.1) is 0 Å². The second-order valence-corrected chi connectivity index (χ2v) is 10.3. The molecule has 0 aromatic heterocycles. The first kappa shape index (κ1) is 22.1. The Labute approximate surface area is 186 Å². The Morgan fingerprint density at radius 3 is 2.59 bits per heavy atom. The van der Waals surface area contributed by atoms with Gasteiger partial charge in [0.25, 0.3) is 0 Å². The molecule has 3 aliphatic carbocycles. The highest BCUT2D eigenvalue weighted by Gasteiger charge is 2.54. The van der Waals surface area contributed by atoms with Gasteiger partial charge in [0.1, 0.15) is 24.1 Å². The number of aliphatic carboxylic acids is 1. The molecule has 1 aliphatic heterocycles. The molecule has 8 heteroatoms. The van der Waals surface area contributed by atoms with E-state index in [2.05, 4.69) is 6.92 Å². The molecule has 5 rings (SSSR count). The van der Waals surface area contributed by atoms with Crippen molar-refractivity contribution in [1.82, 2.24) is 0 Å². The van der Waals surface area contributed by atoms with Crippen LogP contribution >= 0.6 is 0 Å². The van der Waals surface area contributed by atoms with Crippen molar-refractivity contribution < 1.29 is 39.8 Å². The molecule has 2 saturated carbocycles. The van der Waals surface area contributed by atoms with E-state index in [0.29, 0.717) is 23.5 Å². The van der Waals surface area contributed by atoms with Crippen LogP contribution in [0.25, 0.3) is 0 Å². The summed E-state index contributed by atoms with van der Waals surface area (Å²) in [7, 11) is 0. The molecule has 3 fully saturated rings. The maximum atomic E-state index is 11.3. The molecule has 8 nitrogen and oxygen atoms in total. The van der Waals surface area contributed by atoms with Crippen molar-refractivity contribution in [2.24, 2.45) is 17.3 Å². The van der Waals surface area contributed by atoms with Gasteiger partial charge in [-0.05, 0) is 85.0 Å². The Morgan fingerprint density at radius 2 is 1.84 bits per heavy atom. The standard InChI is InChI=1S/C24H32O8/c1-24-9-8-14-13-5-3-12(10-11(13)2-4-15(14)16(24)6-7-17(24)25)31-23-20(28)18(26)19(27)21(32-23)22(29)30/h3,5,10,14-21,23,25-28H,2,4,6-9H2,1H3,(H,29,30)/t14-,15-,16+,17-,18+,19+,20-,21+,23+,24+/m1/s1. The van der Waals surface area contributed by atoms with Crippen molar-refractivity contribution in [2.75, 3.05) is 0 Å². The third-order valence-electron chi connectivity index (χ3n) is 8.71. The summed E-state index contributed by atoms with van der Waals surface area (Å²) < 4.78 is 11.0. The van der Waals surface area contributed by atoms with E-state index < -0.39 is 36.7 Å². The number of carboxylic acids is 1. The molecule has 1 aromatic carbocycles. The number of ether oxygens (including phenoxy) is 2. The molecule has 1 aromatic rings. The Bertz CT molecular complexity index is 889. The van der Waals surface area contributed by atoms with E-state index in [0.717, 1.165) is 38.5 Å². The number of fused-ring (bicyclic) bond motifs is 5. The quantitative estimate of drug-likeness (QED) is 0.465. The minimum Gasteiger partial charge on any atom is -0.479 e. The molecule has 176 valence electrons. The van der Waals surface area contributed by atoms with Crippen molar-refractivity contribution in [3.8, 4) is 5.75 Å². The van der Waals surface area contributed by atoms with E-state index >= 15 is 0 Å². The van der Waals surface area contributed by atoms with Crippen LogP contribution in [0.3, 0.4) is 0 Å². The van der Waals surface area contributed by atoms with Gasteiger partial charge in [-0.3, -0.25) is 0 Å². The third kappa shape index (κ3) is 3.35. The van der Waals surface area contributed by atoms with Crippen LogP contribution in [0.2, 0.25) is 0 Å². The van der Waals surface area contributed by atoms with Crippen LogP contribution in [0.15, 0.2) is 18.2 Å². The molecule has 0 spiro atoms. The molecular formula is C24H32O8. The van der Waals surface area contributed by atoms with Crippen LogP contribution in [0.1, 0.15) is 56.1 Å². The predicted octanol–water partition coefficient (Wildman–Crippen LogP) is 1.17. The number of hydrogen-bond acceptors (Lipinski definition) is 7. The number of carboxylic acid groups (broad SMARTS) is 1. The molecule has 4 aliphatic rings. The van der Waals surface area contributed by atoms with Crippen LogP contribution < -0.4 is 4.74 Å². The SMILES string of the molecule is C[C@]12CC[C@@H]3c4ccc(O[C@H]5O[C@H](C(=O)O)[C@@H](O)[C@H](O)[C@H]5O)cc4CC[C@H]3[C@@H]1CC[C@H]2O. The zero-order valence-electron chi connectivity index (χ0n) is 18.1. The van der Waals surface area contributed by atoms with Crippen LogP contribution in [-0.4, -0.2) is 68.3 Å². The van der Waals surface area contributed by atoms with Crippen LogP contribution in [0, 0.1) is 17.3 Å². The molecule has 0 amide bonds. The molecule has 10 atom stereocenters. The number of rotatable bonds is 3. The maximum Gasteiger partial charge on any atom is 0.335 e. The molecule has 0 radical (unpaired) electrons. The average Bonchev–Trinajstić information content (AvgIpc) is 3.08. The zero-order valence-corrected chi connectivity index (χ0v) is 18.1. The summed E-state index contributed by atoms with van der Waals surface area (Å²) in [6.07, 6.45) is -2.28. The van der Waals surface area contributed by atoms with Crippen LogP contribution in [0.5, 0.6) is 5.75 Å². The third-order valence-corrected chi connectivity index (χ3v) is 8.71. The highest BCUT2D eigenvalue weighted by atomic mass is 16.7. The first-order valence-corrected chi connectivity index (χ1v) is 11.6. The van der Waals surface area contributed by atoms with Gasteiger partial charge in [-0.1, -0.05) is 13.0 Å². The van der Waals surface area contributed by atoms with Gasteiger partial charge in [0.05, 0.1) is 6.10 Å². The van der Waals surface area contributed by atoms with Crippen molar-refractivity contribution in [3.63, 3.8) is 0 Å². The summed E-state index contributed by atoms with van der Waals surface area (Å²) in [6.45, 7) is 2.25. The van der Waals surface area contributed by atoms with Gasteiger partial charge in [-0.2, -0.15) is 0 Å². The van der Waals surface area contributed by atoms with E-state index in [-0.39, 0.29) is 11.5 Å². The molecule has 1 saturated heterocycles. The Morgan fingerprint density at radius 1 is 1.06 bits per heavy atom. The first-order chi connectivity index (χ1) is 15.2. The molecule has 0 bridgehead atoms. The number of carbonyl (C=O) groups is 1. The summed E-state index contributed by atoms with van der Waals surface area (Å²) in [6, 6.07) is 5.75. The van der Waals surface area contributed by atoms with E-state index in [1.165, 1.54) is 11.1 Å². The smallest absolute Gasteiger partial charge is 0.335 e. The number of aliphatic hydroxyl groups excluding tert-OH is 4. The van der Waals surface area contributed by atoms with Crippen LogP contribution in [0.4, 0.5) is 0 Å². The van der Waals surface area contributed by atoms with Crippen molar-refractivity contribution in [1.29, 1.82) is 0 Å². The molecule has 1 heterocycles. The minimum atomic E-state index is -1.74. The lowest BCUT2D eigenvalue weighted by molar-refractivity contribution is -0.271. The monoisotopic (exact) mass is 448 g/mol. The van der Waals surface area contributed by atoms with Gasteiger partial charge in [0.15, 0.2) is 6.10 Å². The van der Waals surface area contributed by atoms with Crippen molar-refractivity contribution in [2.45, 2.75) is 88.2 Å². The average molecular weight is 449 g/mol. The summed E-state index contributed by atoms with van der Waals surface area (Å²) in [5.41, 5.74) is 2.51. The molecule has 5 N–H and O–H groups in total. The number of hydrogen-bond donors (Lipinski definition) is 5. The van der Waals surface area contributed by atoms with E-state index in [9.17, 15) is 30.3 Å². The molecule has 32 heavy (non-hydrogen) atoms. The van der Waals surface area contributed by atoms with E-state index in [4.69, 9.17) is 9.47 Å². The second kappa shape index (κ2) is 7.95. The fourth-order valence-electron chi connectivity index (χ4n) is 6.89. The summed E-state index contributed by atoms with van der Waals surface area (Å²) in [4.78, 5) is 11.3. The highest BCUT2D eigenvalue weighted by Crippen LogP contribution is 2.60. The maximum absolute atomic E-state index is 11.3. The summed E-state index contributed by atoms with van der Waals surface area (Å²) in [5.74, 6) is 0.570. The lowest BCUT2D eigenvalue weighted by Crippen LogP contribution is -2.61. The lowest BCUT2D eigenvalue weighted by Gasteiger charge is -2.50. The number of aliphatic hydroxyl groups is 4. The van der Waals surface area contributed by atoms with E-state index in [1.54, 1.807) is 6.07 Å².